The normalized spacial score (nSPS) is 12.0. The molecule has 0 bridgehead atoms. The summed E-state index contributed by atoms with van der Waals surface area (Å²) in [6.45, 7) is 6.13. The van der Waals surface area contributed by atoms with Gasteiger partial charge in [0.05, 0.1) is 11.0 Å². The van der Waals surface area contributed by atoms with Crippen molar-refractivity contribution in [1.29, 1.82) is 0 Å². The van der Waals surface area contributed by atoms with Crippen LogP contribution in [0, 0.1) is 0 Å². The molecule has 9 aromatic rings. The van der Waals surface area contributed by atoms with Crippen LogP contribution < -0.4 is 0 Å². The van der Waals surface area contributed by atoms with Crippen LogP contribution >= 0.6 is 0 Å². The fraction of sp³-hybridized carbons (Fsp3) is 0.0444. The van der Waals surface area contributed by atoms with E-state index in [1.807, 2.05) is 25.1 Å². The minimum atomic E-state index is 0.873. The molecule has 0 radical (unpaired) electrons. The van der Waals surface area contributed by atoms with Gasteiger partial charge in [-0.3, -0.25) is 0 Å². The molecule has 2 heterocycles. The molecule has 3 heteroatoms. The summed E-state index contributed by atoms with van der Waals surface area (Å²) in [5, 5.41) is 7.06. The predicted octanol–water partition coefficient (Wildman–Crippen LogP) is 12.5. The Morgan fingerprint density at radius 1 is 0.625 bits per heavy atom. The van der Waals surface area contributed by atoms with Crippen molar-refractivity contribution in [2.45, 2.75) is 6.92 Å². The lowest BCUT2D eigenvalue weighted by atomic mass is 9.85. The van der Waals surface area contributed by atoms with E-state index in [1.54, 1.807) is 0 Å². The predicted molar refractivity (Wildman–Crippen MR) is 204 cm³/mol. The molecule has 7 aromatic carbocycles. The van der Waals surface area contributed by atoms with Gasteiger partial charge < -0.3 is 8.98 Å². The molecule has 0 unspecified atom stereocenters. The van der Waals surface area contributed by atoms with Crippen molar-refractivity contribution in [3.05, 3.63) is 151 Å². The van der Waals surface area contributed by atoms with Crippen LogP contribution in [0.25, 0.3) is 100 Å². The number of benzene rings is 7. The second-order valence-corrected chi connectivity index (χ2v) is 12.4. The van der Waals surface area contributed by atoms with Gasteiger partial charge in [-0.2, -0.15) is 0 Å². The lowest BCUT2D eigenvalue weighted by molar-refractivity contribution is 0.668. The maximum absolute atomic E-state index is 6.46. The highest BCUT2D eigenvalue weighted by Crippen LogP contribution is 2.45. The van der Waals surface area contributed by atoms with Crippen LogP contribution in [0.1, 0.15) is 18.1 Å². The first-order valence-corrected chi connectivity index (χ1v) is 16.3. The molecule has 0 aliphatic carbocycles. The summed E-state index contributed by atoms with van der Waals surface area (Å²) in [5.74, 6) is 0.966. The minimum absolute atomic E-state index is 0.873. The van der Waals surface area contributed by atoms with Gasteiger partial charge in [0.25, 0.3) is 0 Å². The number of furan rings is 1. The summed E-state index contributed by atoms with van der Waals surface area (Å²) in [6.07, 6.45) is 6.04. The van der Waals surface area contributed by atoms with Crippen molar-refractivity contribution < 1.29 is 4.42 Å². The second kappa shape index (κ2) is 11.0. The van der Waals surface area contributed by atoms with Crippen LogP contribution in [0.15, 0.2) is 144 Å². The fourth-order valence-corrected chi connectivity index (χ4v) is 7.52. The number of rotatable bonds is 5. The van der Waals surface area contributed by atoms with Crippen molar-refractivity contribution in [3.8, 4) is 33.6 Å². The van der Waals surface area contributed by atoms with Crippen molar-refractivity contribution >= 4 is 66.7 Å². The molecule has 9 rings (SSSR count). The average Bonchev–Trinajstić information content (AvgIpc) is 3.67. The zero-order chi connectivity index (χ0) is 32.4. The highest BCUT2D eigenvalue weighted by Gasteiger charge is 2.20. The molecule has 0 fully saturated rings. The number of imidazole rings is 1. The summed E-state index contributed by atoms with van der Waals surface area (Å²) in [5.41, 5.74) is 11.8. The first-order valence-electron chi connectivity index (χ1n) is 16.3. The third-order valence-electron chi connectivity index (χ3n) is 9.68. The Labute approximate surface area is 278 Å². The largest absolute Gasteiger partial charge is 0.455 e. The highest BCUT2D eigenvalue weighted by molar-refractivity contribution is 6.22. The molecule has 228 valence electrons. The van der Waals surface area contributed by atoms with E-state index >= 15 is 0 Å². The molecule has 0 aliphatic heterocycles. The molecule has 0 aliphatic rings. The summed E-state index contributed by atoms with van der Waals surface area (Å²) < 4.78 is 8.65. The van der Waals surface area contributed by atoms with E-state index in [0.29, 0.717) is 0 Å². The molecular weight excluding hydrogens is 585 g/mol. The lowest BCUT2D eigenvalue weighted by Crippen LogP contribution is -1.92. The van der Waals surface area contributed by atoms with Crippen molar-refractivity contribution in [2.75, 3.05) is 0 Å². The standard InChI is InChI=1S/C45H32N2O/c1-4-13-28-20-23-37-38-26-30(22-25-41(38)48-44(37)32(28)5-2)42-33-16-9-11-18-35(33)43(36-19-12-10-17-34(36)42)31-21-24-40-39(27-31)46-45(47(40)3)29-14-7-6-8-15-29/h4-27H,2H2,1,3H3/b13-4-. The number of fused-ring (bicyclic) bond motifs is 6. The van der Waals surface area contributed by atoms with Gasteiger partial charge in [0.15, 0.2) is 0 Å². The number of allylic oxidation sites excluding steroid dienone is 1. The molecule has 0 saturated carbocycles. The van der Waals surface area contributed by atoms with Crippen LogP contribution in [-0.2, 0) is 7.05 Å². The molecule has 0 saturated heterocycles. The third kappa shape index (κ3) is 4.18. The highest BCUT2D eigenvalue weighted by atomic mass is 16.3. The van der Waals surface area contributed by atoms with Crippen LogP contribution in [0.2, 0.25) is 0 Å². The van der Waals surface area contributed by atoms with Gasteiger partial charge in [-0.05, 0) is 86.6 Å². The summed E-state index contributed by atoms with van der Waals surface area (Å²) in [6, 6.07) is 45.6. The van der Waals surface area contributed by atoms with Gasteiger partial charge in [0.1, 0.15) is 17.0 Å². The molecule has 2 aromatic heterocycles. The Kier molecular flexibility index (Phi) is 6.41. The molecule has 3 nitrogen and oxygen atoms in total. The van der Waals surface area contributed by atoms with Crippen LogP contribution in [0.4, 0.5) is 0 Å². The van der Waals surface area contributed by atoms with E-state index in [9.17, 15) is 0 Å². The fourth-order valence-electron chi connectivity index (χ4n) is 7.52. The van der Waals surface area contributed by atoms with Crippen molar-refractivity contribution in [2.24, 2.45) is 7.05 Å². The molecule has 0 atom stereocenters. The molecule has 0 spiro atoms. The Morgan fingerprint density at radius 3 is 1.90 bits per heavy atom. The van der Waals surface area contributed by atoms with Gasteiger partial charge >= 0.3 is 0 Å². The third-order valence-corrected chi connectivity index (χ3v) is 9.68. The smallest absolute Gasteiger partial charge is 0.143 e. The second-order valence-electron chi connectivity index (χ2n) is 12.4. The first-order chi connectivity index (χ1) is 23.6. The van der Waals surface area contributed by atoms with E-state index < -0.39 is 0 Å². The van der Waals surface area contributed by atoms with Crippen LogP contribution in [0.3, 0.4) is 0 Å². The molecule has 48 heavy (non-hydrogen) atoms. The van der Waals surface area contributed by atoms with Crippen LogP contribution in [-0.4, -0.2) is 9.55 Å². The summed E-state index contributed by atoms with van der Waals surface area (Å²) in [7, 11) is 2.09. The van der Waals surface area contributed by atoms with E-state index in [-0.39, 0.29) is 0 Å². The lowest BCUT2D eigenvalue weighted by Gasteiger charge is -2.17. The Bertz CT molecular complexity index is 2700. The zero-order valence-electron chi connectivity index (χ0n) is 26.9. The quantitative estimate of drug-likeness (QED) is 0.180. The first kappa shape index (κ1) is 28.1. The van der Waals surface area contributed by atoms with E-state index in [1.165, 1.54) is 32.7 Å². The SMILES string of the molecule is C=Cc1c(/C=C\C)ccc2c1oc1ccc(-c3c4ccccc4c(-c4ccc5c(c4)nc(-c4ccccc4)n5C)c4ccccc34)cc12. The minimum Gasteiger partial charge on any atom is -0.455 e. The number of aromatic nitrogens is 2. The Balaban J connectivity index is 1.29. The van der Waals surface area contributed by atoms with E-state index in [0.717, 1.165) is 66.6 Å². The van der Waals surface area contributed by atoms with Gasteiger partial charge in [-0.1, -0.05) is 122 Å². The van der Waals surface area contributed by atoms with Gasteiger partial charge in [0.2, 0.25) is 0 Å². The number of nitrogens with zero attached hydrogens (tertiary/aromatic N) is 2. The van der Waals surface area contributed by atoms with Gasteiger partial charge in [-0.15, -0.1) is 0 Å². The maximum Gasteiger partial charge on any atom is 0.143 e. The number of aryl methyl sites for hydroxylation is 1. The van der Waals surface area contributed by atoms with E-state index in [2.05, 4.69) is 146 Å². The van der Waals surface area contributed by atoms with Gasteiger partial charge in [-0.25, -0.2) is 4.98 Å². The Morgan fingerprint density at radius 2 is 1.25 bits per heavy atom. The average molecular weight is 617 g/mol. The Hall–Kier alpha value is -6.19. The zero-order valence-corrected chi connectivity index (χ0v) is 26.9. The number of hydrogen-bond donors (Lipinski definition) is 0. The van der Waals surface area contributed by atoms with Gasteiger partial charge in [0, 0.05) is 28.9 Å². The monoisotopic (exact) mass is 616 g/mol. The maximum atomic E-state index is 6.46. The number of hydrogen-bond acceptors (Lipinski definition) is 2. The molecule has 0 amide bonds. The molecule has 0 N–H and O–H groups in total. The summed E-state index contributed by atoms with van der Waals surface area (Å²) >= 11 is 0. The van der Waals surface area contributed by atoms with Crippen LogP contribution in [0.5, 0.6) is 0 Å². The van der Waals surface area contributed by atoms with E-state index in [4.69, 9.17) is 9.40 Å². The van der Waals surface area contributed by atoms with Crippen molar-refractivity contribution in [1.82, 2.24) is 9.55 Å². The molecular formula is C45H32N2O. The van der Waals surface area contributed by atoms with Crippen molar-refractivity contribution in [3.63, 3.8) is 0 Å². The summed E-state index contributed by atoms with van der Waals surface area (Å²) in [4.78, 5) is 5.11. The topological polar surface area (TPSA) is 31.0 Å².